The van der Waals surface area contributed by atoms with Crippen molar-refractivity contribution < 1.29 is 44.5 Å². The standard InChI is InChI=1S/C18H36N4O9/c19-7-2-8(20)16(31-18-13(26)11(22)12(25)10(4-24)29-18)14(27)15(7)30-17-9(21)1-6(3-23)5-28-17/h6-18,23-27H,1-5,19-22H2. The maximum atomic E-state index is 10.9. The topological polar surface area (TPSA) is 242 Å². The summed E-state index contributed by atoms with van der Waals surface area (Å²) in [5.74, 6) is -0.0896. The Balaban J connectivity index is 1.67. The van der Waals surface area contributed by atoms with Gasteiger partial charge >= 0.3 is 0 Å². The third-order valence-corrected chi connectivity index (χ3v) is 6.29. The SMILES string of the molecule is NC1CC(CO)COC1OC1C(N)CC(N)C(OC2OC(CO)C(O)C(N)C2O)C1O. The smallest absolute Gasteiger partial charge is 0.186 e. The van der Waals surface area contributed by atoms with Crippen molar-refractivity contribution in [3.63, 3.8) is 0 Å². The van der Waals surface area contributed by atoms with Crippen molar-refractivity contribution in [1.82, 2.24) is 0 Å². The van der Waals surface area contributed by atoms with E-state index in [0.717, 1.165) is 0 Å². The molecule has 3 rings (SSSR count). The van der Waals surface area contributed by atoms with Gasteiger partial charge in [-0.3, -0.25) is 0 Å². The molecule has 13 atom stereocenters. The number of aliphatic hydroxyl groups is 5. The fourth-order valence-electron chi connectivity index (χ4n) is 4.36. The molecule has 0 spiro atoms. The van der Waals surface area contributed by atoms with Crippen LogP contribution in [0.1, 0.15) is 12.8 Å². The second-order valence-corrected chi connectivity index (χ2v) is 8.69. The van der Waals surface area contributed by atoms with E-state index in [-0.39, 0.29) is 25.6 Å². The number of hydrogen-bond acceptors (Lipinski definition) is 13. The molecule has 13 N–H and O–H groups in total. The van der Waals surface area contributed by atoms with Crippen LogP contribution in [0.25, 0.3) is 0 Å². The summed E-state index contributed by atoms with van der Waals surface area (Å²) in [6.07, 6.45) is -8.51. The minimum Gasteiger partial charge on any atom is -0.396 e. The van der Waals surface area contributed by atoms with Crippen molar-refractivity contribution >= 4 is 0 Å². The van der Waals surface area contributed by atoms with E-state index in [1.807, 2.05) is 0 Å². The molecule has 1 saturated carbocycles. The summed E-state index contributed by atoms with van der Waals surface area (Å²) < 4.78 is 22.7. The molecule has 1 aliphatic carbocycles. The molecule has 3 aliphatic rings. The molecule has 2 heterocycles. The molecule has 0 radical (unpaired) electrons. The van der Waals surface area contributed by atoms with Gasteiger partial charge in [0.1, 0.15) is 36.6 Å². The number of hydrogen-bond donors (Lipinski definition) is 9. The molecule has 13 nitrogen and oxygen atoms in total. The fraction of sp³-hybridized carbons (Fsp3) is 1.00. The van der Waals surface area contributed by atoms with Crippen LogP contribution in [0.5, 0.6) is 0 Å². The van der Waals surface area contributed by atoms with Gasteiger partial charge in [-0.05, 0) is 12.8 Å². The van der Waals surface area contributed by atoms with E-state index in [0.29, 0.717) is 6.42 Å². The maximum Gasteiger partial charge on any atom is 0.186 e. The summed E-state index contributed by atoms with van der Waals surface area (Å²) in [5.41, 5.74) is 24.2. The number of ether oxygens (including phenoxy) is 4. The lowest BCUT2D eigenvalue weighted by molar-refractivity contribution is -0.312. The first-order valence-corrected chi connectivity index (χ1v) is 10.5. The Labute approximate surface area is 180 Å². The molecular formula is C18H36N4O9. The lowest BCUT2D eigenvalue weighted by atomic mass is 9.84. The van der Waals surface area contributed by atoms with Crippen LogP contribution in [-0.4, -0.2) is 119 Å². The molecule has 0 aromatic heterocycles. The van der Waals surface area contributed by atoms with Crippen LogP contribution in [0.2, 0.25) is 0 Å². The molecule has 2 saturated heterocycles. The van der Waals surface area contributed by atoms with Crippen LogP contribution >= 0.6 is 0 Å². The summed E-state index contributed by atoms with van der Waals surface area (Å²) in [6.45, 7) is -0.327. The zero-order valence-corrected chi connectivity index (χ0v) is 17.2. The van der Waals surface area contributed by atoms with Gasteiger partial charge in [-0.2, -0.15) is 0 Å². The van der Waals surface area contributed by atoms with E-state index in [1.165, 1.54) is 0 Å². The molecule has 0 bridgehead atoms. The van der Waals surface area contributed by atoms with Crippen LogP contribution in [0.3, 0.4) is 0 Å². The molecule has 31 heavy (non-hydrogen) atoms. The van der Waals surface area contributed by atoms with Crippen molar-refractivity contribution in [2.75, 3.05) is 19.8 Å². The third-order valence-electron chi connectivity index (χ3n) is 6.29. The van der Waals surface area contributed by atoms with Gasteiger partial charge in [0.25, 0.3) is 0 Å². The molecule has 13 unspecified atom stereocenters. The van der Waals surface area contributed by atoms with Gasteiger partial charge in [0.15, 0.2) is 12.6 Å². The first-order chi connectivity index (χ1) is 14.7. The van der Waals surface area contributed by atoms with Gasteiger partial charge < -0.3 is 67.4 Å². The largest absolute Gasteiger partial charge is 0.396 e. The number of rotatable bonds is 6. The third kappa shape index (κ3) is 5.35. The zero-order chi connectivity index (χ0) is 22.9. The van der Waals surface area contributed by atoms with E-state index in [9.17, 15) is 25.5 Å². The van der Waals surface area contributed by atoms with Crippen LogP contribution in [0.15, 0.2) is 0 Å². The predicted molar refractivity (Wildman–Crippen MR) is 105 cm³/mol. The summed E-state index contributed by atoms with van der Waals surface area (Å²) >= 11 is 0. The fourth-order valence-corrected chi connectivity index (χ4v) is 4.36. The Morgan fingerprint density at radius 2 is 1.35 bits per heavy atom. The lowest BCUT2D eigenvalue weighted by Crippen LogP contribution is -2.68. The molecule has 2 aliphatic heterocycles. The van der Waals surface area contributed by atoms with E-state index in [1.54, 1.807) is 0 Å². The van der Waals surface area contributed by atoms with Gasteiger partial charge in [0.2, 0.25) is 0 Å². The molecule has 3 fully saturated rings. The van der Waals surface area contributed by atoms with Crippen molar-refractivity contribution in [1.29, 1.82) is 0 Å². The van der Waals surface area contributed by atoms with Gasteiger partial charge in [0, 0.05) is 24.6 Å². The van der Waals surface area contributed by atoms with Gasteiger partial charge in [-0.1, -0.05) is 0 Å². The molecule has 0 aromatic rings. The predicted octanol–water partition coefficient (Wildman–Crippen LogP) is -5.38. The van der Waals surface area contributed by atoms with Crippen LogP contribution in [0.4, 0.5) is 0 Å². The monoisotopic (exact) mass is 452 g/mol. The highest BCUT2D eigenvalue weighted by molar-refractivity contribution is 5.00. The highest BCUT2D eigenvalue weighted by Crippen LogP contribution is 2.30. The Bertz CT molecular complexity index is 576. The second-order valence-electron chi connectivity index (χ2n) is 8.69. The summed E-state index contributed by atoms with van der Waals surface area (Å²) in [6, 6.07) is -3.00. The first kappa shape index (κ1) is 25.1. The zero-order valence-electron chi connectivity index (χ0n) is 17.2. The quantitative estimate of drug-likeness (QED) is 0.183. The Morgan fingerprint density at radius 3 is 1.90 bits per heavy atom. The summed E-state index contributed by atoms with van der Waals surface area (Å²) in [5, 5.41) is 49.9. The second kappa shape index (κ2) is 10.6. The molecule has 13 heteroatoms. The summed E-state index contributed by atoms with van der Waals surface area (Å²) in [4.78, 5) is 0. The average molecular weight is 453 g/mol. The Hall–Kier alpha value is -0.520. The van der Waals surface area contributed by atoms with Gasteiger partial charge in [-0.25, -0.2) is 0 Å². The lowest BCUT2D eigenvalue weighted by Gasteiger charge is -2.47. The van der Waals surface area contributed by atoms with Crippen LogP contribution in [-0.2, 0) is 18.9 Å². The van der Waals surface area contributed by atoms with Crippen molar-refractivity contribution in [3.8, 4) is 0 Å². The highest BCUT2D eigenvalue weighted by atomic mass is 16.7. The molecular weight excluding hydrogens is 416 g/mol. The van der Waals surface area contributed by atoms with Crippen molar-refractivity contribution in [2.24, 2.45) is 28.9 Å². The molecule has 0 aromatic carbocycles. The van der Waals surface area contributed by atoms with Crippen LogP contribution < -0.4 is 22.9 Å². The van der Waals surface area contributed by atoms with E-state index >= 15 is 0 Å². The van der Waals surface area contributed by atoms with Gasteiger partial charge in [-0.15, -0.1) is 0 Å². The first-order valence-electron chi connectivity index (χ1n) is 10.5. The van der Waals surface area contributed by atoms with Gasteiger partial charge in [0.05, 0.1) is 25.3 Å². The number of aliphatic hydroxyl groups excluding tert-OH is 5. The van der Waals surface area contributed by atoms with E-state index in [2.05, 4.69) is 0 Å². The summed E-state index contributed by atoms with van der Waals surface area (Å²) in [7, 11) is 0. The highest BCUT2D eigenvalue weighted by Gasteiger charge is 2.49. The Kier molecular flexibility index (Phi) is 8.59. The molecule has 0 amide bonds. The van der Waals surface area contributed by atoms with E-state index < -0.39 is 80.0 Å². The number of nitrogens with two attached hydrogens (primary N) is 4. The molecule has 182 valence electrons. The average Bonchev–Trinajstić information content (AvgIpc) is 2.74. The van der Waals surface area contributed by atoms with Crippen molar-refractivity contribution in [2.45, 2.75) is 86.2 Å². The Morgan fingerprint density at radius 1 is 0.742 bits per heavy atom. The van der Waals surface area contributed by atoms with E-state index in [4.69, 9.17) is 41.9 Å². The minimum atomic E-state index is -1.42. The maximum absolute atomic E-state index is 10.9. The normalized spacial score (nSPS) is 51.6. The van der Waals surface area contributed by atoms with Crippen molar-refractivity contribution in [3.05, 3.63) is 0 Å². The minimum absolute atomic E-state index is 0.0495. The van der Waals surface area contributed by atoms with Crippen LogP contribution in [0, 0.1) is 5.92 Å².